The molecule has 0 spiro atoms. The van der Waals surface area contributed by atoms with Crippen molar-refractivity contribution in [3.05, 3.63) is 15.1 Å². The van der Waals surface area contributed by atoms with Gasteiger partial charge in [0.15, 0.2) is 5.82 Å². The third-order valence-corrected chi connectivity index (χ3v) is 4.50. The largest absolute Gasteiger partial charge is 0.383 e. The number of ether oxygens (including phenoxy) is 1. The van der Waals surface area contributed by atoms with E-state index in [0.717, 1.165) is 41.0 Å². The average Bonchev–Trinajstić information content (AvgIpc) is 2.33. The predicted molar refractivity (Wildman–Crippen MR) is 80.4 cm³/mol. The SMILES string of the molecule is CC(C)c1nc(C2(C)CCCCO2)nc(N)c1I. The number of hydrogen-bond acceptors (Lipinski definition) is 4. The number of anilines is 1. The smallest absolute Gasteiger partial charge is 0.162 e. The monoisotopic (exact) mass is 361 g/mol. The maximum atomic E-state index is 6.01. The first-order valence-electron chi connectivity index (χ1n) is 6.41. The number of nitrogens with zero attached hydrogens (tertiary/aromatic N) is 2. The van der Waals surface area contributed by atoms with Crippen LogP contribution in [0.25, 0.3) is 0 Å². The molecule has 0 aromatic carbocycles. The van der Waals surface area contributed by atoms with Gasteiger partial charge in [-0.3, -0.25) is 0 Å². The topological polar surface area (TPSA) is 61.0 Å². The van der Waals surface area contributed by atoms with E-state index in [9.17, 15) is 0 Å². The molecule has 1 fully saturated rings. The maximum Gasteiger partial charge on any atom is 0.162 e. The molecule has 1 aliphatic rings. The highest BCUT2D eigenvalue weighted by Gasteiger charge is 2.34. The summed E-state index contributed by atoms with van der Waals surface area (Å²) in [5.41, 5.74) is 6.66. The first-order valence-corrected chi connectivity index (χ1v) is 7.49. The van der Waals surface area contributed by atoms with Crippen LogP contribution in [0.3, 0.4) is 0 Å². The molecule has 1 aromatic rings. The Morgan fingerprint density at radius 1 is 1.33 bits per heavy atom. The molecule has 0 saturated carbocycles. The van der Waals surface area contributed by atoms with E-state index in [1.165, 1.54) is 0 Å². The zero-order chi connectivity index (χ0) is 13.3. The Balaban J connectivity index is 2.45. The summed E-state index contributed by atoms with van der Waals surface area (Å²) in [6.45, 7) is 7.09. The van der Waals surface area contributed by atoms with Crippen molar-refractivity contribution < 1.29 is 4.74 Å². The fourth-order valence-electron chi connectivity index (χ4n) is 2.21. The second-order valence-electron chi connectivity index (χ2n) is 5.32. The number of aromatic nitrogens is 2. The molecule has 100 valence electrons. The van der Waals surface area contributed by atoms with E-state index in [1.54, 1.807) is 0 Å². The van der Waals surface area contributed by atoms with Gasteiger partial charge in [-0.15, -0.1) is 0 Å². The van der Waals surface area contributed by atoms with Gasteiger partial charge in [0.2, 0.25) is 0 Å². The van der Waals surface area contributed by atoms with Crippen molar-refractivity contribution in [1.82, 2.24) is 9.97 Å². The Bertz CT molecular complexity index is 442. The molecule has 1 unspecified atom stereocenters. The fourth-order valence-corrected chi connectivity index (χ4v) is 3.08. The maximum absolute atomic E-state index is 6.01. The Kier molecular flexibility index (Phi) is 4.11. The standard InChI is InChI=1S/C13H20IN3O/c1-8(2)10-9(14)11(15)17-12(16-10)13(3)6-4-5-7-18-13/h8H,4-7H2,1-3H3,(H2,15,16,17). The predicted octanol–water partition coefficient (Wildman–Crippen LogP) is 3.20. The molecule has 2 N–H and O–H groups in total. The number of nitrogen functional groups attached to an aromatic ring is 1. The molecule has 18 heavy (non-hydrogen) atoms. The lowest BCUT2D eigenvalue weighted by Crippen LogP contribution is -2.33. The van der Waals surface area contributed by atoms with Crippen molar-refractivity contribution in [3.8, 4) is 0 Å². The highest BCUT2D eigenvalue weighted by atomic mass is 127. The van der Waals surface area contributed by atoms with Crippen molar-refractivity contribution in [1.29, 1.82) is 0 Å². The van der Waals surface area contributed by atoms with Crippen LogP contribution >= 0.6 is 22.6 Å². The number of nitrogens with two attached hydrogens (primary N) is 1. The molecule has 0 bridgehead atoms. The van der Waals surface area contributed by atoms with Gasteiger partial charge >= 0.3 is 0 Å². The Hall–Kier alpha value is -0.430. The highest BCUT2D eigenvalue weighted by molar-refractivity contribution is 14.1. The molecule has 1 aliphatic heterocycles. The third kappa shape index (κ3) is 2.61. The van der Waals surface area contributed by atoms with Crippen LogP contribution in [0.5, 0.6) is 0 Å². The number of hydrogen-bond donors (Lipinski definition) is 1. The zero-order valence-corrected chi connectivity index (χ0v) is 13.3. The first kappa shape index (κ1) is 14.0. The minimum atomic E-state index is -0.375. The van der Waals surface area contributed by atoms with E-state index in [0.29, 0.717) is 11.7 Å². The molecule has 1 saturated heterocycles. The van der Waals surface area contributed by atoms with Gasteiger partial charge in [-0.2, -0.15) is 0 Å². The summed E-state index contributed by atoms with van der Waals surface area (Å²) < 4.78 is 6.86. The van der Waals surface area contributed by atoms with Gasteiger partial charge < -0.3 is 10.5 Å². The minimum Gasteiger partial charge on any atom is -0.383 e. The van der Waals surface area contributed by atoms with Gasteiger partial charge in [0.05, 0.1) is 9.26 Å². The number of rotatable bonds is 2. The lowest BCUT2D eigenvalue weighted by atomic mass is 9.94. The lowest BCUT2D eigenvalue weighted by molar-refractivity contribution is -0.0761. The number of halogens is 1. The summed E-state index contributed by atoms with van der Waals surface area (Å²) in [6.07, 6.45) is 3.24. The molecule has 0 amide bonds. The summed E-state index contributed by atoms with van der Waals surface area (Å²) >= 11 is 2.22. The van der Waals surface area contributed by atoms with Gasteiger partial charge in [-0.25, -0.2) is 9.97 Å². The van der Waals surface area contributed by atoms with Crippen LogP contribution in [-0.4, -0.2) is 16.6 Å². The molecule has 2 heterocycles. The van der Waals surface area contributed by atoms with Crippen LogP contribution in [0, 0.1) is 3.57 Å². The molecule has 5 heteroatoms. The van der Waals surface area contributed by atoms with Gasteiger partial charge in [0.1, 0.15) is 11.4 Å². The molecule has 1 aromatic heterocycles. The van der Waals surface area contributed by atoms with Crippen molar-refractivity contribution in [3.63, 3.8) is 0 Å². The Morgan fingerprint density at radius 3 is 2.61 bits per heavy atom. The summed E-state index contributed by atoms with van der Waals surface area (Å²) in [4.78, 5) is 9.15. The van der Waals surface area contributed by atoms with Crippen molar-refractivity contribution in [2.24, 2.45) is 0 Å². The Morgan fingerprint density at radius 2 is 2.06 bits per heavy atom. The average molecular weight is 361 g/mol. The molecule has 0 aliphatic carbocycles. The first-order chi connectivity index (χ1) is 8.44. The van der Waals surface area contributed by atoms with Crippen molar-refractivity contribution >= 4 is 28.4 Å². The van der Waals surface area contributed by atoms with Crippen LogP contribution in [-0.2, 0) is 10.3 Å². The van der Waals surface area contributed by atoms with Crippen molar-refractivity contribution in [2.75, 3.05) is 12.3 Å². The van der Waals surface area contributed by atoms with E-state index < -0.39 is 0 Å². The van der Waals surface area contributed by atoms with Gasteiger partial charge in [0, 0.05) is 6.61 Å². The molecular weight excluding hydrogens is 341 g/mol. The normalized spacial score (nSPS) is 24.5. The second kappa shape index (κ2) is 5.28. The van der Waals surface area contributed by atoms with Gasteiger partial charge in [0.25, 0.3) is 0 Å². The highest BCUT2D eigenvalue weighted by Crippen LogP contribution is 2.34. The van der Waals surface area contributed by atoms with Gasteiger partial charge in [-0.1, -0.05) is 13.8 Å². The molecule has 2 rings (SSSR count). The van der Waals surface area contributed by atoms with Crippen LogP contribution in [0.2, 0.25) is 0 Å². The van der Waals surface area contributed by atoms with Crippen molar-refractivity contribution in [2.45, 2.75) is 51.6 Å². The van der Waals surface area contributed by atoms with E-state index in [-0.39, 0.29) is 5.60 Å². The second-order valence-corrected chi connectivity index (χ2v) is 6.40. The summed E-state index contributed by atoms with van der Waals surface area (Å²) in [5.74, 6) is 1.65. The zero-order valence-electron chi connectivity index (χ0n) is 11.2. The van der Waals surface area contributed by atoms with E-state index in [2.05, 4.69) is 48.3 Å². The molecule has 1 atom stereocenters. The van der Waals surface area contributed by atoms with Crippen LogP contribution in [0.15, 0.2) is 0 Å². The molecular formula is C13H20IN3O. The van der Waals surface area contributed by atoms with Gasteiger partial charge in [-0.05, 0) is 54.7 Å². The van der Waals surface area contributed by atoms with Crippen LogP contribution in [0.4, 0.5) is 5.82 Å². The summed E-state index contributed by atoms with van der Waals surface area (Å²) in [6, 6.07) is 0. The quantitative estimate of drug-likeness (QED) is 0.822. The van der Waals surface area contributed by atoms with E-state index >= 15 is 0 Å². The Labute approximate surface area is 122 Å². The minimum absolute atomic E-state index is 0.341. The third-order valence-electron chi connectivity index (χ3n) is 3.39. The van der Waals surface area contributed by atoms with E-state index in [4.69, 9.17) is 15.5 Å². The lowest BCUT2D eigenvalue weighted by Gasteiger charge is -2.33. The summed E-state index contributed by atoms with van der Waals surface area (Å²) in [7, 11) is 0. The van der Waals surface area contributed by atoms with Crippen LogP contribution < -0.4 is 5.73 Å². The fraction of sp³-hybridized carbons (Fsp3) is 0.692. The molecule has 0 radical (unpaired) electrons. The van der Waals surface area contributed by atoms with E-state index in [1.807, 2.05) is 0 Å². The summed E-state index contributed by atoms with van der Waals surface area (Å²) in [5, 5.41) is 0. The molecule has 4 nitrogen and oxygen atoms in total. The van der Waals surface area contributed by atoms with Crippen LogP contribution in [0.1, 0.15) is 57.5 Å².